The molecule has 24 heavy (non-hydrogen) atoms. The summed E-state index contributed by atoms with van der Waals surface area (Å²) in [5, 5.41) is 10.7. The van der Waals surface area contributed by atoms with Gasteiger partial charge in [0.25, 0.3) is 0 Å². The van der Waals surface area contributed by atoms with E-state index < -0.39 is 10.8 Å². The number of hydrogen-bond donors (Lipinski definition) is 1. The van der Waals surface area contributed by atoms with Gasteiger partial charge in [0.05, 0.1) is 12.0 Å². The maximum atomic E-state index is 13.6. The van der Waals surface area contributed by atoms with E-state index in [-0.39, 0.29) is 17.1 Å². The fourth-order valence-corrected chi connectivity index (χ4v) is 5.49. The van der Waals surface area contributed by atoms with Crippen LogP contribution in [0.4, 0.5) is 0 Å². The van der Waals surface area contributed by atoms with Crippen molar-refractivity contribution in [2.75, 3.05) is 13.1 Å². The van der Waals surface area contributed by atoms with Crippen molar-refractivity contribution in [3.63, 3.8) is 0 Å². The third-order valence-electron chi connectivity index (χ3n) is 6.88. The number of aliphatic hydroxyl groups excluding tert-OH is 1. The molecule has 1 saturated carbocycles. The largest absolute Gasteiger partial charge is 0.523 e. The third kappa shape index (κ3) is 1.46. The van der Waals surface area contributed by atoms with Crippen molar-refractivity contribution in [3.8, 4) is 0 Å². The zero-order valence-corrected chi connectivity index (χ0v) is 14.2. The molecule has 2 aliphatic carbocycles. The Balaban J connectivity index is 2.00. The summed E-state index contributed by atoms with van der Waals surface area (Å²) in [6.07, 6.45) is 1.98. The Morgan fingerprint density at radius 1 is 1.33 bits per heavy atom. The van der Waals surface area contributed by atoms with E-state index in [2.05, 4.69) is 4.85 Å². The highest BCUT2D eigenvalue weighted by Gasteiger charge is 2.81. The quantitative estimate of drug-likeness (QED) is 0.845. The van der Waals surface area contributed by atoms with Crippen molar-refractivity contribution < 1.29 is 9.90 Å². The summed E-state index contributed by atoms with van der Waals surface area (Å²) in [5.74, 6) is 0.349. The molecule has 1 saturated heterocycles. The molecule has 2 fully saturated rings. The molecule has 0 bridgehead atoms. The highest BCUT2D eigenvalue weighted by atomic mass is 16.3. The maximum Gasteiger partial charge on any atom is 0.232 e. The van der Waals surface area contributed by atoms with Gasteiger partial charge in [0.1, 0.15) is 5.76 Å². The van der Waals surface area contributed by atoms with Crippen molar-refractivity contribution in [3.05, 3.63) is 58.8 Å². The Labute approximate surface area is 142 Å². The Kier molecular flexibility index (Phi) is 2.94. The summed E-state index contributed by atoms with van der Waals surface area (Å²) in [4.78, 5) is 19.1. The van der Waals surface area contributed by atoms with Crippen molar-refractivity contribution >= 4 is 5.91 Å². The van der Waals surface area contributed by atoms with Crippen LogP contribution in [0.2, 0.25) is 0 Å². The van der Waals surface area contributed by atoms with Gasteiger partial charge in [-0.15, -0.1) is 0 Å². The second-order valence-electron chi connectivity index (χ2n) is 7.58. The van der Waals surface area contributed by atoms with E-state index in [9.17, 15) is 9.90 Å². The number of likely N-dealkylation sites (tertiary alicyclic amines) is 1. The molecule has 1 heterocycles. The molecule has 1 aromatic carbocycles. The Hall–Kier alpha value is -2.28. The number of allylic oxidation sites excluding steroid dienone is 2. The normalized spacial score (nSPS) is 37.5. The molecule has 0 aromatic heterocycles. The molecule has 1 N–H and O–H groups in total. The van der Waals surface area contributed by atoms with E-state index in [1.54, 1.807) is 0 Å². The minimum atomic E-state index is -0.719. The standard InChI is InChI=1S/C20H22N2O2/c1-4-22-11-10-19-13-18(19,2)16(23)15(21-3)12-20(19,17(22)24)14-8-6-5-7-9-14/h5-9,23H,4,10-13H2,1-2H3/t18-,19-,20-/m0/s1. The molecule has 3 aliphatic rings. The van der Waals surface area contributed by atoms with E-state index in [1.807, 2.05) is 49.1 Å². The molecule has 1 amide bonds. The zero-order valence-electron chi connectivity index (χ0n) is 14.2. The fourth-order valence-electron chi connectivity index (χ4n) is 5.49. The van der Waals surface area contributed by atoms with Crippen molar-refractivity contribution in [2.24, 2.45) is 10.8 Å². The number of hydrogen-bond acceptors (Lipinski definition) is 2. The SMILES string of the molecule is [C-]#[N+]C1=C(O)[C@]2(C)C[C@@]23CCN(CC)C(=O)[C@@]3(c2ccccc2)C1. The number of likely N-dealkylation sites (N-methyl/N-ethyl adjacent to an activating group) is 1. The summed E-state index contributed by atoms with van der Waals surface area (Å²) < 4.78 is 0. The number of aliphatic hydroxyl groups is 1. The molecule has 4 rings (SSSR count). The lowest BCUT2D eigenvalue weighted by molar-refractivity contribution is -0.147. The van der Waals surface area contributed by atoms with E-state index in [4.69, 9.17) is 6.57 Å². The van der Waals surface area contributed by atoms with Crippen LogP contribution < -0.4 is 0 Å². The number of nitrogens with zero attached hydrogens (tertiary/aromatic N) is 2. The minimum Gasteiger partial charge on any atom is -0.523 e. The number of piperidine rings is 1. The zero-order chi connectivity index (χ0) is 17.2. The predicted octanol–water partition coefficient (Wildman–Crippen LogP) is 3.67. The topological polar surface area (TPSA) is 44.9 Å². The van der Waals surface area contributed by atoms with Gasteiger partial charge in [0, 0.05) is 30.3 Å². The average molecular weight is 322 g/mol. The second kappa shape index (κ2) is 4.63. The van der Waals surface area contributed by atoms with Crippen LogP contribution in [0.5, 0.6) is 0 Å². The lowest BCUT2D eigenvalue weighted by atomic mass is 9.56. The van der Waals surface area contributed by atoms with E-state index in [0.717, 1.165) is 24.9 Å². The molecule has 0 radical (unpaired) electrons. The van der Waals surface area contributed by atoms with E-state index in [0.29, 0.717) is 18.7 Å². The number of carbonyl (C=O) groups excluding carboxylic acids is 1. The van der Waals surface area contributed by atoms with Gasteiger partial charge < -0.3 is 10.0 Å². The summed E-state index contributed by atoms with van der Waals surface area (Å²) in [7, 11) is 0. The molecule has 1 spiro atoms. The third-order valence-corrected chi connectivity index (χ3v) is 6.88. The van der Waals surface area contributed by atoms with E-state index >= 15 is 0 Å². The second-order valence-corrected chi connectivity index (χ2v) is 7.58. The highest BCUT2D eigenvalue weighted by molar-refractivity contribution is 5.92. The van der Waals surface area contributed by atoms with Crippen LogP contribution in [-0.2, 0) is 10.2 Å². The first-order valence-corrected chi connectivity index (χ1v) is 8.62. The number of rotatable bonds is 2. The van der Waals surface area contributed by atoms with Gasteiger partial charge in [-0.25, -0.2) is 4.85 Å². The van der Waals surface area contributed by atoms with Gasteiger partial charge in [0.15, 0.2) is 0 Å². The van der Waals surface area contributed by atoms with E-state index in [1.165, 1.54) is 0 Å². The molecular weight excluding hydrogens is 300 g/mol. The molecule has 1 aliphatic heterocycles. The van der Waals surface area contributed by atoms with Gasteiger partial charge in [-0.3, -0.25) is 4.79 Å². The number of amides is 1. The minimum absolute atomic E-state index is 0.125. The average Bonchev–Trinajstić information content (AvgIpc) is 3.24. The first kappa shape index (κ1) is 15.3. The Morgan fingerprint density at radius 2 is 2.04 bits per heavy atom. The van der Waals surface area contributed by atoms with Crippen LogP contribution in [0.1, 0.15) is 38.7 Å². The van der Waals surface area contributed by atoms with Crippen molar-refractivity contribution in [2.45, 2.75) is 38.5 Å². The lowest BCUT2D eigenvalue weighted by Gasteiger charge is -2.52. The predicted molar refractivity (Wildman–Crippen MR) is 91.0 cm³/mol. The van der Waals surface area contributed by atoms with Gasteiger partial charge in [0.2, 0.25) is 11.6 Å². The smallest absolute Gasteiger partial charge is 0.232 e. The lowest BCUT2D eigenvalue weighted by Crippen LogP contribution is -2.60. The molecule has 4 nitrogen and oxygen atoms in total. The molecule has 124 valence electrons. The van der Waals surface area contributed by atoms with Crippen LogP contribution in [0.25, 0.3) is 4.85 Å². The van der Waals surface area contributed by atoms with Crippen molar-refractivity contribution in [1.82, 2.24) is 4.90 Å². The Morgan fingerprint density at radius 3 is 2.67 bits per heavy atom. The number of benzene rings is 1. The highest BCUT2D eigenvalue weighted by Crippen LogP contribution is 2.81. The summed E-state index contributed by atoms with van der Waals surface area (Å²) in [5.41, 5.74) is -0.0753. The molecule has 3 atom stereocenters. The summed E-state index contributed by atoms with van der Waals surface area (Å²) in [6.45, 7) is 13.0. The molecular formula is C20H22N2O2. The van der Waals surface area contributed by atoms with Crippen LogP contribution in [0.15, 0.2) is 41.8 Å². The van der Waals surface area contributed by atoms with Gasteiger partial charge in [-0.1, -0.05) is 37.3 Å². The van der Waals surface area contributed by atoms with Gasteiger partial charge in [-0.2, -0.15) is 0 Å². The van der Waals surface area contributed by atoms with Crippen LogP contribution in [-0.4, -0.2) is 29.0 Å². The fraction of sp³-hybridized carbons (Fsp3) is 0.500. The summed E-state index contributed by atoms with van der Waals surface area (Å²) in [6, 6.07) is 9.91. The van der Waals surface area contributed by atoms with Crippen LogP contribution in [0.3, 0.4) is 0 Å². The van der Waals surface area contributed by atoms with Gasteiger partial charge >= 0.3 is 0 Å². The van der Waals surface area contributed by atoms with Crippen LogP contribution in [0, 0.1) is 17.4 Å². The van der Waals surface area contributed by atoms with Gasteiger partial charge in [-0.05, 0) is 25.3 Å². The summed E-state index contributed by atoms with van der Waals surface area (Å²) >= 11 is 0. The van der Waals surface area contributed by atoms with Crippen molar-refractivity contribution in [1.29, 1.82) is 0 Å². The number of carbonyl (C=O) groups is 1. The maximum absolute atomic E-state index is 13.6. The molecule has 0 unspecified atom stereocenters. The first-order chi connectivity index (χ1) is 11.5. The first-order valence-electron chi connectivity index (χ1n) is 8.62. The molecule has 1 aromatic rings. The monoisotopic (exact) mass is 322 g/mol. The Bertz CT molecular complexity index is 794. The van der Waals surface area contributed by atoms with Crippen LogP contribution >= 0.6 is 0 Å². The molecule has 4 heteroatoms.